The molecule has 132 valence electrons. The van der Waals surface area contributed by atoms with Crippen LogP contribution in [-0.4, -0.2) is 27.1 Å². The van der Waals surface area contributed by atoms with Crippen LogP contribution in [0, 0.1) is 25.6 Å². The zero-order valence-corrected chi connectivity index (χ0v) is 15.0. The smallest absolute Gasteiger partial charge is 0.226 e. The molecule has 4 nitrogen and oxygen atoms in total. The number of amides is 1. The summed E-state index contributed by atoms with van der Waals surface area (Å²) in [7, 11) is 1.95. The SMILES string of the molecule is Cc1nn(C)c(C)c1[C@@H]1CCCN1C(=O)[C@@H]1C[C@H]1c1ccccc1F. The van der Waals surface area contributed by atoms with Gasteiger partial charge in [-0.15, -0.1) is 0 Å². The predicted molar refractivity (Wildman–Crippen MR) is 93.6 cm³/mol. The third-order valence-electron chi connectivity index (χ3n) is 5.85. The molecule has 2 aromatic rings. The van der Waals surface area contributed by atoms with Crippen LogP contribution >= 0.6 is 0 Å². The molecule has 4 rings (SSSR count). The van der Waals surface area contributed by atoms with Gasteiger partial charge in [0.05, 0.1) is 11.7 Å². The summed E-state index contributed by atoms with van der Waals surface area (Å²) < 4.78 is 15.9. The van der Waals surface area contributed by atoms with Crippen LogP contribution in [0.2, 0.25) is 0 Å². The first-order valence-corrected chi connectivity index (χ1v) is 9.04. The Labute approximate surface area is 147 Å². The van der Waals surface area contributed by atoms with Gasteiger partial charge in [-0.2, -0.15) is 5.10 Å². The second-order valence-corrected chi connectivity index (χ2v) is 7.37. The van der Waals surface area contributed by atoms with Gasteiger partial charge in [0.2, 0.25) is 5.91 Å². The Morgan fingerprint density at radius 3 is 2.72 bits per heavy atom. The number of halogens is 1. The quantitative estimate of drug-likeness (QED) is 0.855. The molecule has 25 heavy (non-hydrogen) atoms. The standard InChI is InChI=1S/C20H24FN3O/c1-12-19(13(2)23(3)22-12)18-9-6-10-24(18)20(25)16-11-15(16)14-7-4-5-8-17(14)21/h4-5,7-8,15-16,18H,6,9-11H2,1-3H3/t15-,16+,18-/m0/s1. The third kappa shape index (κ3) is 2.66. The van der Waals surface area contributed by atoms with E-state index >= 15 is 0 Å². The minimum atomic E-state index is -0.195. The third-order valence-corrected chi connectivity index (χ3v) is 5.85. The van der Waals surface area contributed by atoms with Crippen molar-refractivity contribution >= 4 is 5.91 Å². The first-order chi connectivity index (χ1) is 12.0. The van der Waals surface area contributed by atoms with Gasteiger partial charge in [-0.25, -0.2) is 4.39 Å². The molecule has 0 unspecified atom stereocenters. The average molecular weight is 341 g/mol. The molecule has 0 N–H and O–H groups in total. The molecule has 1 saturated heterocycles. The fourth-order valence-corrected chi connectivity index (χ4v) is 4.40. The highest BCUT2D eigenvalue weighted by Crippen LogP contribution is 2.51. The van der Waals surface area contributed by atoms with Crippen molar-refractivity contribution in [3.05, 3.63) is 52.6 Å². The van der Waals surface area contributed by atoms with Gasteiger partial charge in [0.25, 0.3) is 0 Å². The minimum absolute atomic E-state index is 0.0334. The van der Waals surface area contributed by atoms with E-state index in [1.807, 2.05) is 35.7 Å². The van der Waals surface area contributed by atoms with Crippen molar-refractivity contribution in [2.75, 3.05) is 6.54 Å². The fourth-order valence-electron chi connectivity index (χ4n) is 4.40. The van der Waals surface area contributed by atoms with Crippen LogP contribution in [0.1, 0.15) is 53.7 Å². The Hall–Kier alpha value is -2.17. The molecule has 1 saturated carbocycles. The lowest BCUT2D eigenvalue weighted by molar-refractivity contribution is -0.133. The number of hydrogen-bond acceptors (Lipinski definition) is 2. The second-order valence-electron chi connectivity index (χ2n) is 7.37. The minimum Gasteiger partial charge on any atom is -0.335 e. The number of carbonyl (C=O) groups excluding carboxylic acids is 1. The summed E-state index contributed by atoms with van der Waals surface area (Å²) in [6.07, 6.45) is 2.76. The van der Waals surface area contributed by atoms with Crippen LogP contribution < -0.4 is 0 Å². The number of likely N-dealkylation sites (tertiary alicyclic amines) is 1. The van der Waals surface area contributed by atoms with Crippen molar-refractivity contribution in [1.82, 2.24) is 14.7 Å². The summed E-state index contributed by atoms with van der Waals surface area (Å²) in [5.74, 6) is -0.0565. The van der Waals surface area contributed by atoms with Crippen molar-refractivity contribution in [2.24, 2.45) is 13.0 Å². The molecule has 2 fully saturated rings. The second kappa shape index (κ2) is 5.97. The highest BCUT2D eigenvalue weighted by molar-refractivity contribution is 5.83. The number of aromatic nitrogens is 2. The fraction of sp³-hybridized carbons (Fsp3) is 0.500. The van der Waals surface area contributed by atoms with Gasteiger partial charge in [-0.05, 0) is 50.7 Å². The Bertz CT molecular complexity index is 828. The van der Waals surface area contributed by atoms with Crippen LogP contribution in [0.5, 0.6) is 0 Å². The van der Waals surface area contributed by atoms with E-state index in [1.54, 1.807) is 6.07 Å². The normalized spacial score (nSPS) is 25.4. The highest BCUT2D eigenvalue weighted by Gasteiger charge is 2.49. The Kier molecular flexibility index (Phi) is 3.89. The summed E-state index contributed by atoms with van der Waals surface area (Å²) in [5, 5.41) is 4.51. The van der Waals surface area contributed by atoms with E-state index in [1.165, 1.54) is 11.6 Å². The average Bonchev–Trinajstić information content (AvgIpc) is 3.16. The van der Waals surface area contributed by atoms with Crippen LogP contribution in [-0.2, 0) is 11.8 Å². The molecule has 0 bridgehead atoms. The Morgan fingerprint density at radius 2 is 2.04 bits per heavy atom. The molecule has 1 aliphatic heterocycles. The van der Waals surface area contributed by atoms with Gasteiger partial charge in [0, 0.05) is 30.8 Å². The van der Waals surface area contributed by atoms with Crippen LogP contribution in [0.15, 0.2) is 24.3 Å². The Balaban J connectivity index is 1.56. The van der Waals surface area contributed by atoms with Gasteiger partial charge >= 0.3 is 0 Å². The van der Waals surface area contributed by atoms with Crippen molar-refractivity contribution in [1.29, 1.82) is 0 Å². The number of benzene rings is 1. The van der Waals surface area contributed by atoms with E-state index in [2.05, 4.69) is 12.0 Å². The monoisotopic (exact) mass is 341 g/mol. The summed E-state index contributed by atoms with van der Waals surface area (Å²) >= 11 is 0. The summed E-state index contributed by atoms with van der Waals surface area (Å²) in [4.78, 5) is 15.1. The number of hydrogen-bond donors (Lipinski definition) is 0. The largest absolute Gasteiger partial charge is 0.335 e. The predicted octanol–water partition coefficient (Wildman–Crippen LogP) is 3.64. The molecule has 2 aliphatic rings. The van der Waals surface area contributed by atoms with Gasteiger partial charge in [0.15, 0.2) is 0 Å². The number of rotatable bonds is 3. The molecule has 3 atom stereocenters. The van der Waals surface area contributed by atoms with Crippen molar-refractivity contribution in [3.63, 3.8) is 0 Å². The van der Waals surface area contributed by atoms with Gasteiger partial charge in [-0.1, -0.05) is 18.2 Å². The van der Waals surface area contributed by atoms with Gasteiger partial charge in [0.1, 0.15) is 5.82 Å². The van der Waals surface area contributed by atoms with Gasteiger partial charge < -0.3 is 4.90 Å². The van der Waals surface area contributed by atoms with E-state index in [0.29, 0.717) is 5.56 Å². The van der Waals surface area contributed by atoms with Gasteiger partial charge in [-0.3, -0.25) is 9.48 Å². The number of carbonyl (C=O) groups is 1. The zero-order valence-electron chi connectivity index (χ0n) is 15.0. The lowest BCUT2D eigenvalue weighted by Gasteiger charge is -2.25. The molecular weight excluding hydrogens is 317 g/mol. The summed E-state index contributed by atoms with van der Waals surface area (Å²) in [6, 6.07) is 6.95. The van der Waals surface area contributed by atoms with Crippen molar-refractivity contribution < 1.29 is 9.18 Å². The Morgan fingerprint density at radius 1 is 1.28 bits per heavy atom. The topological polar surface area (TPSA) is 38.1 Å². The molecular formula is C20H24FN3O. The van der Waals surface area contributed by atoms with Crippen molar-refractivity contribution in [2.45, 2.75) is 45.1 Å². The van der Waals surface area contributed by atoms with Crippen LogP contribution in [0.4, 0.5) is 4.39 Å². The van der Waals surface area contributed by atoms with Crippen molar-refractivity contribution in [3.8, 4) is 0 Å². The first-order valence-electron chi connectivity index (χ1n) is 9.04. The maximum absolute atomic E-state index is 14.0. The molecule has 2 heterocycles. The highest BCUT2D eigenvalue weighted by atomic mass is 19.1. The van der Waals surface area contributed by atoms with E-state index in [0.717, 1.165) is 37.2 Å². The lowest BCUT2D eigenvalue weighted by atomic mass is 10.0. The maximum Gasteiger partial charge on any atom is 0.226 e. The van der Waals surface area contributed by atoms with Crippen LogP contribution in [0.25, 0.3) is 0 Å². The zero-order chi connectivity index (χ0) is 17.7. The molecule has 1 aliphatic carbocycles. The van der Waals surface area contributed by atoms with E-state index in [-0.39, 0.29) is 29.6 Å². The van der Waals surface area contributed by atoms with Crippen LogP contribution in [0.3, 0.4) is 0 Å². The summed E-state index contributed by atoms with van der Waals surface area (Å²) in [5.41, 5.74) is 4.01. The molecule has 5 heteroatoms. The summed E-state index contributed by atoms with van der Waals surface area (Å²) in [6.45, 7) is 4.87. The van der Waals surface area contributed by atoms with E-state index in [4.69, 9.17) is 0 Å². The number of nitrogens with zero attached hydrogens (tertiary/aromatic N) is 3. The molecule has 1 aromatic heterocycles. The number of aryl methyl sites for hydroxylation is 2. The molecule has 0 radical (unpaired) electrons. The molecule has 1 amide bonds. The molecule has 0 spiro atoms. The maximum atomic E-state index is 14.0. The van der Waals surface area contributed by atoms with E-state index < -0.39 is 0 Å². The molecule has 1 aromatic carbocycles. The first kappa shape index (κ1) is 16.3. The van der Waals surface area contributed by atoms with E-state index in [9.17, 15) is 9.18 Å². The lowest BCUT2D eigenvalue weighted by Crippen LogP contribution is -2.32.